The molecule has 1 aromatic carbocycles. The van der Waals surface area contributed by atoms with E-state index in [-0.39, 0.29) is 0 Å². The SMILES string of the molecule is CCC[C@H]1CNCCN1c1nc2ccc(C(F)(F)F)cc2s1. The molecule has 0 radical (unpaired) electrons. The van der Waals surface area contributed by atoms with E-state index in [2.05, 4.69) is 22.1 Å². The van der Waals surface area contributed by atoms with E-state index in [0.29, 0.717) is 16.3 Å². The van der Waals surface area contributed by atoms with E-state index < -0.39 is 11.7 Å². The Balaban J connectivity index is 1.93. The quantitative estimate of drug-likeness (QED) is 0.926. The number of rotatable bonds is 3. The normalized spacial score (nSPS) is 19.8. The molecule has 22 heavy (non-hydrogen) atoms. The number of aromatic nitrogens is 1. The van der Waals surface area contributed by atoms with Crippen LogP contribution in [0.5, 0.6) is 0 Å². The average Bonchev–Trinajstić information content (AvgIpc) is 2.90. The highest BCUT2D eigenvalue weighted by Gasteiger charge is 2.31. The number of alkyl halides is 3. The highest BCUT2D eigenvalue weighted by Crippen LogP contribution is 2.36. The lowest BCUT2D eigenvalue weighted by atomic mass is 10.1. The maximum absolute atomic E-state index is 12.8. The van der Waals surface area contributed by atoms with Crippen LogP contribution in [0.25, 0.3) is 10.2 Å². The third-order valence-corrected chi connectivity index (χ3v) is 4.98. The van der Waals surface area contributed by atoms with Gasteiger partial charge in [0, 0.05) is 25.7 Å². The summed E-state index contributed by atoms with van der Waals surface area (Å²) in [5, 5.41) is 4.20. The van der Waals surface area contributed by atoms with Gasteiger partial charge in [0.25, 0.3) is 0 Å². The Morgan fingerprint density at radius 2 is 2.23 bits per heavy atom. The highest BCUT2D eigenvalue weighted by atomic mass is 32.1. The molecule has 1 aliphatic rings. The first-order valence-electron chi connectivity index (χ1n) is 7.44. The average molecular weight is 329 g/mol. The molecule has 1 aliphatic heterocycles. The molecule has 3 rings (SSSR count). The van der Waals surface area contributed by atoms with Crippen molar-refractivity contribution >= 4 is 26.7 Å². The van der Waals surface area contributed by atoms with Gasteiger partial charge < -0.3 is 10.2 Å². The van der Waals surface area contributed by atoms with Crippen molar-refractivity contribution in [2.45, 2.75) is 32.0 Å². The third kappa shape index (κ3) is 3.05. The number of nitrogens with zero attached hydrogens (tertiary/aromatic N) is 2. The van der Waals surface area contributed by atoms with Crippen molar-refractivity contribution in [2.24, 2.45) is 0 Å². The van der Waals surface area contributed by atoms with Gasteiger partial charge in [-0.1, -0.05) is 24.7 Å². The van der Waals surface area contributed by atoms with Gasteiger partial charge in [0.05, 0.1) is 15.8 Å². The van der Waals surface area contributed by atoms with Crippen LogP contribution in [0.1, 0.15) is 25.3 Å². The van der Waals surface area contributed by atoms with Crippen LogP contribution >= 0.6 is 11.3 Å². The number of hydrogen-bond acceptors (Lipinski definition) is 4. The van der Waals surface area contributed by atoms with Crippen LogP contribution in [0.3, 0.4) is 0 Å². The summed E-state index contributed by atoms with van der Waals surface area (Å²) in [5.41, 5.74) is 0.0300. The lowest BCUT2D eigenvalue weighted by Crippen LogP contribution is -2.51. The Kier molecular flexibility index (Phi) is 4.27. The predicted molar refractivity (Wildman–Crippen MR) is 83.5 cm³/mol. The Morgan fingerprint density at radius 3 is 2.95 bits per heavy atom. The molecule has 0 spiro atoms. The lowest BCUT2D eigenvalue weighted by molar-refractivity contribution is -0.137. The Bertz CT molecular complexity index is 651. The van der Waals surface area contributed by atoms with E-state index in [1.807, 2.05) is 0 Å². The second-order valence-electron chi connectivity index (χ2n) is 5.52. The second-order valence-corrected chi connectivity index (χ2v) is 6.53. The van der Waals surface area contributed by atoms with Crippen LogP contribution in [0.2, 0.25) is 0 Å². The molecule has 0 unspecified atom stereocenters. The maximum atomic E-state index is 12.8. The van der Waals surface area contributed by atoms with Gasteiger partial charge in [-0.3, -0.25) is 0 Å². The first-order chi connectivity index (χ1) is 10.5. The highest BCUT2D eigenvalue weighted by molar-refractivity contribution is 7.22. The van der Waals surface area contributed by atoms with Gasteiger partial charge in [-0.25, -0.2) is 4.98 Å². The molecule has 120 valence electrons. The van der Waals surface area contributed by atoms with Crippen molar-refractivity contribution in [3.8, 4) is 0 Å². The van der Waals surface area contributed by atoms with Gasteiger partial charge in [0.1, 0.15) is 0 Å². The molecule has 2 aromatic rings. The molecule has 0 aliphatic carbocycles. The minimum Gasteiger partial charge on any atom is -0.343 e. The summed E-state index contributed by atoms with van der Waals surface area (Å²) in [6, 6.07) is 4.14. The van der Waals surface area contributed by atoms with Crippen LogP contribution in [-0.4, -0.2) is 30.7 Å². The first-order valence-corrected chi connectivity index (χ1v) is 8.26. The fourth-order valence-electron chi connectivity index (χ4n) is 2.82. The molecule has 1 fully saturated rings. The van der Waals surface area contributed by atoms with E-state index >= 15 is 0 Å². The zero-order chi connectivity index (χ0) is 15.7. The zero-order valence-corrected chi connectivity index (χ0v) is 13.1. The molecule has 1 atom stereocenters. The molecule has 0 saturated carbocycles. The minimum absolute atomic E-state index is 0.362. The number of piperazine rings is 1. The number of thiazole rings is 1. The molecule has 2 heterocycles. The van der Waals surface area contributed by atoms with E-state index in [4.69, 9.17) is 0 Å². The summed E-state index contributed by atoms with van der Waals surface area (Å²) in [5.74, 6) is 0. The molecule has 1 saturated heterocycles. The molecular formula is C15H18F3N3S. The lowest BCUT2D eigenvalue weighted by Gasteiger charge is -2.36. The van der Waals surface area contributed by atoms with E-state index in [9.17, 15) is 13.2 Å². The van der Waals surface area contributed by atoms with Crippen LogP contribution in [0.15, 0.2) is 18.2 Å². The predicted octanol–water partition coefficient (Wildman–Crippen LogP) is 3.89. The number of halogens is 3. The zero-order valence-electron chi connectivity index (χ0n) is 12.3. The van der Waals surface area contributed by atoms with Gasteiger partial charge in [-0.15, -0.1) is 0 Å². The fraction of sp³-hybridized carbons (Fsp3) is 0.533. The number of fused-ring (bicyclic) bond motifs is 1. The van der Waals surface area contributed by atoms with Crippen LogP contribution in [0, 0.1) is 0 Å². The minimum atomic E-state index is -4.31. The molecule has 7 heteroatoms. The third-order valence-electron chi connectivity index (χ3n) is 3.92. The summed E-state index contributed by atoms with van der Waals surface area (Å²) >= 11 is 1.35. The van der Waals surface area contributed by atoms with E-state index in [1.54, 1.807) is 0 Å². The monoisotopic (exact) mass is 329 g/mol. The van der Waals surface area contributed by atoms with Gasteiger partial charge in [0.15, 0.2) is 5.13 Å². The van der Waals surface area contributed by atoms with Crippen LogP contribution < -0.4 is 10.2 Å². The maximum Gasteiger partial charge on any atom is 0.416 e. The summed E-state index contributed by atoms with van der Waals surface area (Å²) in [6.45, 7) is 4.76. The Morgan fingerprint density at radius 1 is 1.41 bits per heavy atom. The molecule has 0 amide bonds. The van der Waals surface area contributed by atoms with Crippen molar-refractivity contribution in [3.63, 3.8) is 0 Å². The fourth-order valence-corrected chi connectivity index (χ4v) is 3.92. The van der Waals surface area contributed by atoms with Crippen molar-refractivity contribution < 1.29 is 13.2 Å². The summed E-state index contributed by atoms with van der Waals surface area (Å²) in [4.78, 5) is 6.78. The van der Waals surface area contributed by atoms with Gasteiger partial charge >= 0.3 is 6.18 Å². The number of anilines is 1. The van der Waals surface area contributed by atoms with Gasteiger partial charge in [-0.2, -0.15) is 13.2 Å². The van der Waals surface area contributed by atoms with E-state index in [1.165, 1.54) is 23.5 Å². The summed E-state index contributed by atoms with van der Waals surface area (Å²) < 4.78 is 39.0. The topological polar surface area (TPSA) is 28.2 Å². The smallest absolute Gasteiger partial charge is 0.343 e. The molecule has 1 N–H and O–H groups in total. The van der Waals surface area contributed by atoms with Crippen molar-refractivity contribution in [3.05, 3.63) is 23.8 Å². The number of benzene rings is 1. The molecule has 3 nitrogen and oxygen atoms in total. The second kappa shape index (κ2) is 6.04. The van der Waals surface area contributed by atoms with Gasteiger partial charge in [-0.05, 0) is 24.6 Å². The first kappa shape index (κ1) is 15.6. The van der Waals surface area contributed by atoms with Crippen LogP contribution in [0.4, 0.5) is 18.3 Å². The number of hydrogen-bond donors (Lipinski definition) is 1. The van der Waals surface area contributed by atoms with Crippen molar-refractivity contribution in [2.75, 3.05) is 24.5 Å². The molecule has 1 aromatic heterocycles. The summed E-state index contributed by atoms with van der Waals surface area (Å²) in [7, 11) is 0. The Hall–Kier alpha value is -1.34. The van der Waals surface area contributed by atoms with E-state index in [0.717, 1.165) is 43.7 Å². The summed E-state index contributed by atoms with van der Waals surface area (Å²) in [6.07, 6.45) is -2.18. The van der Waals surface area contributed by atoms with Crippen molar-refractivity contribution in [1.29, 1.82) is 0 Å². The van der Waals surface area contributed by atoms with Gasteiger partial charge in [0.2, 0.25) is 0 Å². The van der Waals surface area contributed by atoms with Crippen LogP contribution in [-0.2, 0) is 6.18 Å². The molecular weight excluding hydrogens is 311 g/mol. The molecule has 0 bridgehead atoms. The Labute approximate surface area is 131 Å². The standard InChI is InChI=1S/C15H18F3N3S/c1-2-3-11-9-19-6-7-21(11)14-20-12-5-4-10(15(16,17)18)8-13(12)22-14/h4-5,8,11,19H,2-3,6-7,9H2,1H3/t11-/m0/s1. The number of nitrogens with one attached hydrogen (secondary N) is 1. The largest absolute Gasteiger partial charge is 0.416 e. The van der Waals surface area contributed by atoms with Crippen molar-refractivity contribution in [1.82, 2.24) is 10.3 Å².